The number of nitrogens with zero attached hydrogens (tertiary/aromatic N) is 1. The molecule has 10 heteroatoms. The molecule has 1 aromatic carbocycles. The van der Waals surface area contributed by atoms with E-state index in [4.69, 9.17) is 22.8 Å². The number of ether oxygens (including phenoxy) is 1. The number of aromatic nitrogens is 1. The summed E-state index contributed by atoms with van der Waals surface area (Å²) in [5.74, 6) is 0.647. The van der Waals surface area contributed by atoms with E-state index in [-0.39, 0.29) is 26.4 Å². The van der Waals surface area contributed by atoms with Crippen LogP contribution in [0.2, 0.25) is 0 Å². The van der Waals surface area contributed by atoms with Crippen molar-refractivity contribution in [2.24, 2.45) is 0 Å². The van der Waals surface area contributed by atoms with Crippen molar-refractivity contribution in [3.8, 4) is 5.75 Å². The Morgan fingerprint density at radius 2 is 1.36 bits per heavy atom. The van der Waals surface area contributed by atoms with Crippen LogP contribution < -0.4 is 4.74 Å². The Balaban J connectivity index is 2.22. The molecule has 0 fully saturated rings. The Morgan fingerprint density at radius 1 is 0.818 bits per heavy atom. The van der Waals surface area contributed by atoms with Crippen molar-refractivity contribution in [3.05, 3.63) is 59.9 Å². The van der Waals surface area contributed by atoms with E-state index >= 15 is 0 Å². The molecule has 0 aliphatic rings. The zero-order valence-electron chi connectivity index (χ0n) is 19.8. The van der Waals surface area contributed by atoms with Crippen molar-refractivity contribution in [1.82, 2.24) is 4.98 Å². The van der Waals surface area contributed by atoms with Crippen LogP contribution in [0.5, 0.6) is 5.75 Å². The molecule has 0 aliphatic carbocycles. The second-order valence-electron chi connectivity index (χ2n) is 7.01. The summed E-state index contributed by atoms with van der Waals surface area (Å²) >= 11 is 0. The van der Waals surface area contributed by atoms with Crippen LogP contribution in [-0.2, 0) is 33.6 Å². The third-order valence-corrected chi connectivity index (χ3v) is 10.6. The van der Waals surface area contributed by atoms with E-state index in [1.807, 2.05) is 18.3 Å². The minimum absolute atomic E-state index is 0.129. The monoisotopic (exact) mass is 499 g/mol. The zero-order valence-corrected chi connectivity index (χ0v) is 21.6. The smallest absolute Gasteiger partial charge is 0.350 e. The lowest BCUT2D eigenvalue weighted by Crippen LogP contribution is -2.12. The number of aryl methyl sites for hydroxylation is 1. The number of hydrogen-bond donors (Lipinski definition) is 0. The largest absolute Gasteiger partial charge is 0.494 e. The number of hydrogen-bond acceptors (Lipinski definition) is 8. The summed E-state index contributed by atoms with van der Waals surface area (Å²) in [6.07, 6.45) is 5.30. The van der Waals surface area contributed by atoms with Crippen molar-refractivity contribution in [2.75, 3.05) is 33.0 Å². The molecule has 2 aromatic rings. The van der Waals surface area contributed by atoms with Gasteiger partial charge in [0.1, 0.15) is 5.75 Å². The second kappa shape index (κ2) is 14.0. The van der Waals surface area contributed by atoms with Crippen LogP contribution in [0, 0.1) is 0 Å². The Bertz CT molecular complexity index is 859. The van der Waals surface area contributed by atoms with Gasteiger partial charge in [0, 0.05) is 12.4 Å². The van der Waals surface area contributed by atoms with Gasteiger partial charge in [-0.2, -0.15) is 0 Å². The van der Waals surface area contributed by atoms with Gasteiger partial charge in [0.2, 0.25) is 0 Å². The Hall–Kier alpha value is -1.53. The van der Waals surface area contributed by atoms with E-state index in [1.54, 1.807) is 58.2 Å². The highest BCUT2D eigenvalue weighted by atomic mass is 31.2. The molecule has 0 saturated heterocycles. The zero-order chi connectivity index (χ0) is 24.2. The maximum Gasteiger partial charge on any atom is 0.350 e. The van der Waals surface area contributed by atoms with Gasteiger partial charge in [0.15, 0.2) is 5.40 Å². The first-order valence-corrected chi connectivity index (χ1v) is 14.5. The van der Waals surface area contributed by atoms with Crippen molar-refractivity contribution in [3.63, 3.8) is 0 Å². The van der Waals surface area contributed by atoms with Crippen LogP contribution in [0.15, 0.2) is 48.8 Å². The fourth-order valence-corrected chi connectivity index (χ4v) is 8.78. The predicted octanol–water partition coefficient (Wildman–Crippen LogP) is 6.62. The van der Waals surface area contributed by atoms with Gasteiger partial charge < -0.3 is 22.8 Å². The van der Waals surface area contributed by atoms with Crippen LogP contribution in [-0.4, -0.2) is 38.0 Å². The van der Waals surface area contributed by atoms with Crippen LogP contribution in [0.25, 0.3) is 0 Å². The van der Waals surface area contributed by atoms with Crippen LogP contribution in [0.1, 0.15) is 50.6 Å². The van der Waals surface area contributed by atoms with Gasteiger partial charge in [0.25, 0.3) is 0 Å². The van der Waals surface area contributed by atoms with E-state index in [0.29, 0.717) is 17.9 Å². The molecular formula is C23H35NO7P2. The number of rotatable bonds is 16. The molecule has 0 amide bonds. The van der Waals surface area contributed by atoms with E-state index in [2.05, 4.69) is 4.98 Å². The molecule has 0 saturated carbocycles. The minimum Gasteiger partial charge on any atom is -0.494 e. The first-order valence-electron chi connectivity index (χ1n) is 11.3. The topological polar surface area (TPSA) is 93.2 Å². The lowest BCUT2D eigenvalue weighted by atomic mass is 10.2. The second-order valence-corrected chi connectivity index (χ2v) is 11.6. The summed E-state index contributed by atoms with van der Waals surface area (Å²) in [6.45, 7) is 7.87. The van der Waals surface area contributed by atoms with E-state index in [0.717, 1.165) is 18.4 Å². The van der Waals surface area contributed by atoms with E-state index in [1.165, 1.54) is 0 Å². The lowest BCUT2D eigenvalue weighted by molar-refractivity contribution is 0.195. The first kappa shape index (κ1) is 27.7. The van der Waals surface area contributed by atoms with Gasteiger partial charge in [-0.25, -0.2) is 0 Å². The quantitative estimate of drug-likeness (QED) is 0.188. The summed E-state index contributed by atoms with van der Waals surface area (Å²) in [7, 11) is -7.73. The van der Waals surface area contributed by atoms with Gasteiger partial charge in [0.05, 0.1) is 33.0 Å². The molecule has 1 heterocycles. The molecular weight excluding hydrogens is 464 g/mol. The molecule has 2 rings (SSSR count). The molecule has 1 aromatic heterocycles. The highest BCUT2D eigenvalue weighted by Crippen LogP contribution is 2.78. The van der Waals surface area contributed by atoms with Crippen LogP contribution in [0.4, 0.5) is 0 Å². The molecule has 33 heavy (non-hydrogen) atoms. The highest BCUT2D eigenvalue weighted by Gasteiger charge is 2.51. The van der Waals surface area contributed by atoms with Gasteiger partial charge in [-0.05, 0) is 69.9 Å². The molecule has 0 bridgehead atoms. The summed E-state index contributed by atoms with van der Waals surface area (Å²) in [5, 5.41) is -1.20. The maximum absolute atomic E-state index is 13.7. The Kier molecular flexibility index (Phi) is 11.8. The minimum atomic E-state index is -3.87. The molecule has 0 atom stereocenters. The number of benzene rings is 1. The van der Waals surface area contributed by atoms with Crippen molar-refractivity contribution in [2.45, 2.75) is 45.9 Å². The molecule has 0 N–H and O–H groups in total. The summed E-state index contributed by atoms with van der Waals surface area (Å²) in [5.41, 5.74) is 1.64. The summed E-state index contributed by atoms with van der Waals surface area (Å²) in [6, 6.07) is 10.9. The van der Waals surface area contributed by atoms with Crippen molar-refractivity contribution < 1.29 is 32.0 Å². The third kappa shape index (κ3) is 8.03. The Labute approximate surface area is 197 Å². The van der Waals surface area contributed by atoms with Crippen LogP contribution in [0.3, 0.4) is 0 Å². The average Bonchev–Trinajstić information content (AvgIpc) is 2.79. The standard InChI is InChI=1S/C23H35NO7P2/c1-5-28-32(25,29-6-2)23(33(26,30-7-3)31-8-4)21-13-15-22(16-14-21)27-18-10-12-20-11-9-17-24-19-20/h9,11,13-17,19,23H,5-8,10,12,18H2,1-4H3. The van der Waals surface area contributed by atoms with E-state index < -0.39 is 20.6 Å². The summed E-state index contributed by atoms with van der Waals surface area (Å²) < 4.78 is 55.5. The van der Waals surface area contributed by atoms with Gasteiger partial charge in [-0.15, -0.1) is 0 Å². The lowest BCUT2D eigenvalue weighted by Gasteiger charge is -2.31. The first-order chi connectivity index (χ1) is 15.9. The van der Waals surface area contributed by atoms with Crippen molar-refractivity contribution >= 4 is 15.2 Å². The molecule has 8 nitrogen and oxygen atoms in total. The molecule has 0 aliphatic heterocycles. The van der Waals surface area contributed by atoms with Crippen molar-refractivity contribution in [1.29, 1.82) is 0 Å². The maximum atomic E-state index is 13.7. The molecule has 0 unspecified atom stereocenters. The fourth-order valence-electron chi connectivity index (χ4n) is 3.36. The molecule has 184 valence electrons. The highest BCUT2D eigenvalue weighted by molar-refractivity contribution is 7.72. The number of pyridine rings is 1. The third-order valence-electron chi connectivity index (χ3n) is 4.61. The normalized spacial score (nSPS) is 12.3. The van der Waals surface area contributed by atoms with E-state index in [9.17, 15) is 9.13 Å². The SMILES string of the molecule is CCOP(=O)(OCC)C(c1ccc(OCCCc2cccnc2)cc1)P(=O)(OCC)OCC. The van der Waals surface area contributed by atoms with Gasteiger partial charge in [-0.3, -0.25) is 14.1 Å². The Morgan fingerprint density at radius 3 is 1.82 bits per heavy atom. The molecule has 0 radical (unpaired) electrons. The fraction of sp³-hybridized carbons (Fsp3) is 0.522. The molecule has 0 spiro atoms. The predicted molar refractivity (Wildman–Crippen MR) is 129 cm³/mol. The van der Waals surface area contributed by atoms with Gasteiger partial charge >= 0.3 is 15.2 Å². The van der Waals surface area contributed by atoms with Crippen LogP contribution >= 0.6 is 15.2 Å². The van der Waals surface area contributed by atoms with Gasteiger partial charge in [-0.1, -0.05) is 18.2 Å². The average molecular weight is 499 g/mol. The summed E-state index contributed by atoms with van der Waals surface area (Å²) in [4.78, 5) is 4.11.